The van der Waals surface area contributed by atoms with Crippen LogP contribution in [0.4, 0.5) is 0 Å². The lowest BCUT2D eigenvalue weighted by Crippen LogP contribution is -2.68. The lowest BCUT2D eigenvalue weighted by Gasteiger charge is -2.45. The first kappa shape index (κ1) is 21.4. The molecule has 0 aromatic heterocycles. The summed E-state index contributed by atoms with van der Waals surface area (Å²) in [7, 11) is -1.06. The van der Waals surface area contributed by atoms with Crippen molar-refractivity contribution in [2.24, 2.45) is 0 Å². The third-order valence-corrected chi connectivity index (χ3v) is 9.87. The van der Waals surface area contributed by atoms with Gasteiger partial charge in [-0.25, -0.2) is 0 Å². The second kappa shape index (κ2) is 9.34. The lowest BCUT2D eigenvalue weighted by molar-refractivity contribution is -0.0819. The number of hydrogen-bond acceptors (Lipinski definition) is 3. The molecule has 0 aliphatic heterocycles. The van der Waals surface area contributed by atoms with Gasteiger partial charge in [-0.05, 0) is 22.3 Å². The normalized spacial score (nSPS) is 14.4. The molecule has 2 aromatic carbocycles. The molecule has 0 heterocycles. The molecule has 0 N–H and O–H groups in total. The molecule has 0 saturated heterocycles. The Morgan fingerprint density at radius 2 is 1.44 bits per heavy atom. The van der Waals surface area contributed by atoms with Crippen LogP contribution in [-0.2, 0) is 13.9 Å². The second-order valence-electron chi connectivity index (χ2n) is 7.65. The molecule has 0 spiro atoms. The number of methoxy groups -OCH3 is 1. The van der Waals surface area contributed by atoms with E-state index in [1.54, 1.807) is 7.11 Å². The van der Waals surface area contributed by atoms with Crippen molar-refractivity contribution in [3.63, 3.8) is 0 Å². The molecule has 4 heteroatoms. The van der Waals surface area contributed by atoms with Gasteiger partial charge in [0.2, 0.25) is 0 Å². The molecule has 0 unspecified atom stereocenters. The third kappa shape index (κ3) is 4.69. The van der Waals surface area contributed by atoms with Crippen molar-refractivity contribution < 1.29 is 13.9 Å². The Morgan fingerprint density at radius 1 is 0.963 bits per heavy atom. The zero-order chi connectivity index (χ0) is 19.9. The number of benzene rings is 2. The molecule has 144 valence electrons. The van der Waals surface area contributed by atoms with Crippen LogP contribution in [0.3, 0.4) is 0 Å². The van der Waals surface area contributed by atoms with Crippen LogP contribution in [0.1, 0.15) is 27.7 Å². The molecule has 0 bridgehead atoms. The average molecular weight is 383 g/mol. The standard InChI is InChI=1S/C23H30O3Si/c1-7-22(25-18-24-6)19(2)26-27(23(3,4)5,20-14-10-8-11-15-20)21-16-12-9-13-17-21/h1,8-17,19,22H,18H2,2-6H3/t19-,22+/m0/s1. The van der Waals surface area contributed by atoms with Crippen LogP contribution in [0, 0.1) is 12.3 Å². The lowest BCUT2D eigenvalue weighted by atomic mass is 10.2. The fraction of sp³-hybridized carbons (Fsp3) is 0.391. The molecule has 3 nitrogen and oxygen atoms in total. The summed E-state index contributed by atoms with van der Waals surface area (Å²) in [5.41, 5.74) is 0. The van der Waals surface area contributed by atoms with Gasteiger partial charge in [-0.1, -0.05) is 87.4 Å². The highest BCUT2D eigenvalue weighted by molar-refractivity contribution is 6.99. The van der Waals surface area contributed by atoms with Crippen molar-refractivity contribution in [2.45, 2.75) is 44.9 Å². The van der Waals surface area contributed by atoms with Crippen LogP contribution < -0.4 is 10.4 Å². The van der Waals surface area contributed by atoms with E-state index in [4.69, 9.17) is 20.3 Å². The molecule has 2 rings (SSSR count). The summed E-state index contributed by atoms with van der Waals surface area (Å²) in [6.07, 6.45) is 4.96. The van der Waals surface area contributed by atoms with E-state index in [-0.39, 0.29) is 17.9 Å². The van der Waals surface area contributed by atoms with Crippen molar-refractivity contribution in [1.29, 1.82) is 0 Å². The summed E-state index contributed by atoms with van der Waals surface area (Å²) < 4.78 is 17.6. The summed E-state index contributed by atoms with van der Waals surface area (Å²) in [4.78, 5) is 0. The van der Waals surface area contributed by atoms with Crippen LogP contribution >= 0.6 is 0 Å². The molecule has 0 radical (unpaired) electrons. The Balaban J connectivity index is 2.57. The molecule has 0 aliphatic rings. The van der Waals surface area contributed by atoms with E-state index in [9.17, 15) is 0 Å². The maximum atomic E-state index is 6.94. The largest absolute Gasteiger partial charge is 0.401 e. The molecule has 2 aromatic rings. The highest BCUT2D eigenvalue weighted by Crippen LogP contribution is 2.37. The zero-order valence-corrected chi connectivity index (χ0v) is 17.9. The molecule has 27 heavy (non-hydrogen) atoms. The molecular weight excluding hydrogens is 352 g/mol. The van der Waals surface area contributed by atoms with Gasteiger partial charge in [-0.2, -0.15) is 0 Å². The molecule has 0 fully saturated rings. The van der Waals surface area contributed by atoms with Gasteiger partial charge < -0.3 is 13.9 Å². The summed E-state index contributed by atoms with van der Waals surface area (Å²) in [5, 5.41) is 2.33. The van der Waals surface area contributed by atoms with E-state index in [1.807, 2.05) is 19.1 Å². The Hall–Kier alpha value is -1.90. The molecular formula is C23H30O3Si. The van der Waals surface area contributed by atoms with Crippen LogP contribution in [0.2, 0.25) is 5.04 Å². The first-order valence-corrected chi connectivity index (χ1v) is 11.1. The third-order valence-electron chi connectivity index (χ3n) is 4.74. The van der Waals surface area contributed by atoms with Gasteiger partial charge in [-0.15, -0.1) is 6.42 Å². The van der Waals surface area contributed by atoms with Crippen LogP contribution in [0.25, 0.3) is 0 Å². The van der Waals surface area contributed by atoms with Gasteiger partial charge in [0.05, 0.1) is 6.10 Å². The summed E-state index contributed by atoms with van der Waals surface area (Å²) in [5.74, 6) is 2.71. The Labute approximate surface area is 164 Å². The van der Waals surface area contributed by atoms with Gasteiger partial charge in [0.15, 0.2) is 0 Å². The first-order chi connectivity index (χ1) is 12.9. The minimum absolute atomic E-state index is 0.107. The fourth-order valence-electron chi connectivity index (χ4n) is 3.49. The van der Waals surface area contributed by atoms with E-state index in [1.165, 1.54) is 10.4 Å². The molecule has 2 atom stereocenters. The van der Waals surface area contributed by atoms with Gasteiger partial charge in [0.1, 0.15) is 12.9 Å². The SMILES string of the molecule is C#C[C@@H](OCOC)[C@H](C)O[Si](c1ccccc1)(c1ccccc1)C(C)(C)C. The Morgan fingerprint density at radius 3 is 1.81 bits per heavy atom. The van der Waals surface area contributed by atoms with Crippen LogP contribution in [0.15, 0.2) is 60.7 Å². The number of terminal acetylenes is 1. The molecule has 0 amide bonds. The zero-order valence-electron chi connectivity index (χ0n) is 16.9. The smallest absolute Gasteiger partial charge is 0.261 e. The minimum Gasteiger partial charge on any atom is -0.401 e. The number of rotatable bonds is 8. The Bertz CT molecular complexity index is 692. The average Bonchev–Trinajstić information content (AvgIpc) is 2.67. The summed E-state index contributed by atoms with van der Waals surface area (Å²) in [6, 6.07) is 21.0. The number of ether oxygens (including phenoxy) is 2. The monoisotopic (exact) mass is 382 g/mol. The quantitative estimate of drug-likeness (QED) is 0.397. The van der Waals surface area contributed by atoms with Crippen molar-refractivity contribution in [1.82, 2.24) is 0 Å². The highest BCUT2D eigenvalue weighted by atomic mass is 28.4. The van der Waals surface area contributed by atoms with Gasteiger partial charge in [-0.3, -0.25) is 0 Å². The van der Waals surface area contributed by atoms with Crippen molar-refractivity contribution in [3.8, 4) is 12.3 Å². The van der Waals surface area contributed by atoms with Gasteiger partial charge >= 0.3 is 0 Å². The van der Waals surface area contributed by atoms with Gasteiger partial charge in [0.25, 0.3) is 8.32 Å². The van der Waals surface area contributed by atoms with E-state index < -0.39 is 14.4 Å². The maximum Gasteiger partial charge on any atom is 0.261 e. The predicted molar refractivity (Wildman–Crippen MR) is 114 cm³/mol. The van der Waals surface area contributed by atoms with Crippen molar-refractivity contribution >= 4 is 18.7 Å². The first-order valence-electron chi connectivity index (χ1n) is 9.22. The van der Waals surface area contributed by atoms with E-state index in [0.717, 1.165) is 0 Å². The van der Waals surface area contributed by atoms with E-state index in [2.05, 4.69) is 75.2 Å². The second-order valence-corrected chi connectivity index (χ2v) is 11.9. The van der Waals surface area contributed by atoms with E-state index in [0.29, 0.717) is 0 Å². The summed E-state index contributed by atoms with van der Waals surface area (Å²) in [6.45, 7) is 8.86. The highest BCUT2D eigenvalue weighted by Gasteiger charge is 2.51. The molecule has 0 saturated carbocycles. The Kier molecular flexibility index (Phi) is 7.40. The van der Waals surface area contributed by atoms with Gasteiger partial charge in [0, 0.05) is 7.11 Å². The molecule has 0 aliphatic carbocycles. The van der Waals surface area contributed by atoms with Crippen LogP contribution in [0.5, 0.6) is 0 Å². The fourth-order valence-corrected chi connectivity index (χ4v) is 8.19. The van der Waals surface area contributed by atoms with E-state index >= 15 is 0 Å². The number of hydrogen-bond donors (Lipinski definition) is 0. The predicted octanol–water partition coefficient (Wildman–Crippen LogP) is 3.57. The topological polar surface area (TPSA) is 27.7 Å². The minimum atomic E-state index is -2.65. The van der Waals surface area contributed by atoms with Crippen molar-refractivity contribution in [3.05, 3.63) is 60.7 Å². The van der Waals surface area contributed by atoms with Crippen molar-refractivity contribution in [2.75, 3.05) is 13.9 Å². The summed E-state index contributed by atoms with van der Waals surface area (Å²) >= 11 is 0. The van der Waals surface area contributed by atoms with Crippen LogP contribution in [-0.4, -0.2) is 34.4 Å². The maximum absolute atomic E-state index is 6.94.